The molecule has 2 aromatic carbocycles. The number of carbonyl (C=O) groups is 1. The number of benzene rings is 2. The van der Waals surface area contributed by atoms with Crippen LogP contribution in [0, 0.1) is 17.5 Å². The SMILES string of the molecule is COc1ccc(-c2nc(Nc3ccc(F)c(F)c3F)sc2CCC(=O)O)cc1. The van der Waals surface area contributed by atoms with Gasteiger partial charge >= 0.3 is 5.97 Å². The molecule has 2 N–H and O–H groups in total. The third-order valence-corrected chi connectivity index (χ3v) is 4.93. The minimum absolute atomic E-state index is 0.107. The van der Waals surface area contributed by atoms with Gasteiger partial charge in [-0.05, 0) is 42.8 Å². The molecule has 3 rings (SSSR count). The zero-order chi connectivity index (χ0) is 20.3. The quantitative estimate of drug-likeness (QED) is 0.539. The third kappa shape index (κ3) is 4.25. The molecule has 0 saturated carbocycles. The van der Waals surface area contributed by atoms with Crippen LogP contribution in [0.3, 0.4) is 0 Å². The van der Waals surface area contributed by atoms with Gasteiger partial charge in [-0.2, -0.15) is 0 Å². The first-order valence-corrected chi connectivity index (χ1v) is 8.97. The van der Waals surface area contributed by atoms with E-state index in [1.54, 1.807) is 24.3 Å². The summed E-state index contributed by atoms with van der Waals surface area (Å²) in [5.74, 6) is -4.54. The largest absolute Gasteiger partial charge is 0.497 e. The Morgan fingerprint density at radius 2 is 1.86 bits per heavy atom. The van der Waals surface area contributed by atoms with E-state index in [1.165, 1.54) is 7.11 Å². The second-order valence-corrected chi connectivity index (χ2v) is 6.84. The number of carboxylic acid groups (broad SMARTS) is 1. The highest BCUT2D eigenvalue weighted by atomic mass is 32.1. The smallest absolute Gasteiger partial charge is 0.303 e. The fourth-order valence-electron chi connectivity index (χ4n) is 2.51. The average Bonchev–Trinajstić information content (AvgIpc) is 3.09. The lowest BCUT2D eigenvalue weighted by Crippen LogP contribution is -1.98. The predicted molar refractivity (Wildman–Crippen MR) is 99.7 cm³/mol. The molecule has 1 heterocycles. The van der Waals surface area contributed by atoms with Crippen molar-refractivity contribution in [1.29, 1.82) is 0 Å². The van der Waals surface area contributed by atoms with Crippen molar-refractivity contribution in [3.8, 4) is 17.0 Å². The Hall–Kier alpha value is -3.07. The van der Waals surface area contributed by atoms with E-state index >= 15 is 0 Å². The molecule has 0 aliphatic rings. The number of aryl methyl sites for hydroxylation is 1. The molecule has 0 aliphatic carbocycles. The maximum absolute atomic E-state index is 13.9. The van der Waals surface area contributed by atoms with Crippen molar-refractivity contribution >= 4 is 28.1 Å². The van der Waals surface area contributed by atoms with Gasteiger partial charge in [0.15, 0.2) is 22.6 Å². The number of ether oxygens (including phenoxy) is 1. The van der Waals surface area contributed by atoms with Crippen molar-refractivity contribution in [2.75, 3.05) is 12.4 Å². The molecule has 0 amide bonds. The Labute approximate surface area is 162 Å². The number of anilines is 2. The van der Waals surface area contributed by atoms with Gasteiger partial charge in [0.2, 0.25) is 0 Å². The van der Waals surface area contributed by atoms with Crippen LogP contribution < -0.4 is 10.1 Å². The Bertz CT molecular complexity index is 1010. The zero-order valence-electron chi connectivity index (χ0n) is 14.6. The van der Waals surface area contributed by atoms with Crippen LogP contribution in [0.25, 0.3) is 11.3 Å². The van der Waals surface area contributed by atoms with Crippen LogP contribution in [-0.2, 0) is 11.2 Å². The molecule has 0 spiro atoms. The van der Waals surface area contributed by atoms with Crippen molar-refractivity contribution in [2.45, 2.75) is 12.8 Å². The van der Waals surface area contributed by atoms with Crippen LogP contribution >= 0.6 is 11.3 Å². The zero-order valence-corrected chi connectivity index (χ0v) is 15.4. The summed E-state index contributed by atoms with van der Waals surface area (Å²) in [6, 6.07) is 8.87. The summed E-state index contributed by atoms with van der Waals surface area (Å²) in [6.07, 6.45) is 0.112. The average molecular weight is 408 g/mol. The van der Waals surface area contributed by atoms with Crippen LogP contribution in [0.2, 0.25) is 0 Å². The second kappa shape index (κ2) is 8.30. The molecule has 28 heavy (non-hydrogen) atoms. The molecule has 5 nitrogen and oxygen atoms in total. The standard InChI is InChI=1S/C19H15F3N2O3S/c1-27-11-4-2-10(3-5-11)18-14(8-9-15(25)26)28-19(24-18)23-13-7-6-12(20)16(21)17(13)22/h2-7H,8-9H2,1H3,(H,23,24)(H,25,26). The van der Waals surface area contributed by atoms with E-state index in [0.717, 1.165) is 29.0 Å². The van der Waals surface area contributed by atoms with Gasteiger partial charge in [0, 0.05) is 10.4 Å². The Kier molecular flexibility index (Phi) is 5.84. The lowest BCUT2D eigenvalue weighted by Gasteiger charge is -2.05. The Morgan fingerprint density at radius 3 is 2.50 bits per heavy atom. The van der Waals surface area contributed by atoms with E-state index in [-0.39, 0.29) is 23.7 Å². The first-order valence-electron chi connectivity index (χ1n) is 8.15. The summed E-state index contributed by atoms with van der Waals surface area (Å²) < 4.78 is 45.6. The molecule has 146 valence electrons. The van der Waals surface area contributed by atoms with Gasteiger partial charge in [-0.15, -0.1) is 11.3 Å². The molecule has 1 aromatic heterocycles. The summed E-state index contributed by atoms with van der Waals surface area (Å²) in [6.45, 7) is 0. The van der Waals surface area contributed by atoms with E-state index in [1.807, 2.05) is 0 Å². The molecular formula is C19H15F3N2O3S. The van der Waals surface area contributed by atoms with Gasteiger partial charge in [-0.1, -0.05) is 0 Å². The molecule has 0 unspecified atom stereocenters. The van der Waals surface area contributed by atoms with Crippen molar-refractivity contribution in [1.82, 2.24) is 4.98 Å². The third-order valence-electron chi connectivity index (χ3n) is 3.90. The molecule has 0 radical (unpaired) electrons. The number of halogens is 3. The summed E-state index contributed by atoms with van der Waals surface area (Å²) in [7, 11) is 1.54. The van der Waals surface area contributed by atoms with Gasteiger partial charge in [0.25, 0.3) is 0 Å². The summed E-state index contributed by atoms with van der Waals surface area (Å²) in [5.41, 5.74) is 0.981. The second-order valence-electron chi connectivity index (χ2n) is 5.76. The van der Waals surface area contributed by atoms with Gasteiger partial charge in [0.1, 0.15) is 5.75 Å². The molecule has 0 bridgehead atoms. The van der Waals surface area contributed by atoms with E-state index < -0.39 is 23.4 Å². The van der Waals surface area contributed by atoms with Crippen LogP contribution in [0.1, 0.15) is 11.3 Å². The maximum atomic E-state index is 13.9. The minimum Gasteiger partial charge on any atom is -0.497 e. The van der Waals surface area contributed by atoms with Crippen molar-refractivity contribution < 1.29 is 27.8 Å². The van der Waals surface area contributed by atoms with Crippen LogP contribution in [0.15, 0.2) is 36.4 Å². The van der Waals surface area contributed by atoms with Crippen molar-refractivity contribution in [3.05, 3.63) is 58.7 Å². The Morgan fingerprint density at radius 1 is 1.14 bits per heavy atom. The summed E-state index contributed by atoms with van der Waals surface area (Å²) in [4.78, 5) is 16.0. The number of hydrogen-bond acceptors (Lipinski definition) is 5. The number of aromatic nitrogens is 1. The molecule has 0 atom stereocenters. The summed E-state index contributed by atoms with van der Waals surface area (Å²) in [5, 5.41) is 11.8. The maximum Gasteiger partial charge on any atom is 0.303 e. The molecule has 3 aromatic rings. The molecular weight excluding hydrogens is 393 g/mol. The highest BCUT2D eigenvalue weighted by Gasteiger charge is 2.18. The number of hydrogen-bond donors (Lipinski definition) is 2. The van der Waals surface area contributed by atoms with E-state index in [4.69, 9.17) is 9.84 Å². The normalized spacial score (nSPS) is 10.7. The van der Waals surface area contributed by atoms with E-state index in [2.05, 4.69) is 10.3 Å². The van der Waals surface area contributed by atoms with Crippen LogP contribution in [0.4, 0.5) is 24.0 Å². The van der Waals surface area contributed by atoms with E-state index in [9.17, 15) is 18.0 Å². The van der Waals surface area contributed by atoms with Gasteiger partial charge in [-0.25, -0.2) is 18.2 Å². The van der Waals surface area contributed by atoms with Crippen molar-refractivity contribution in [2.24, 2.45) is 0 Å². The first kappa shape index (κ1) is 19.7. The van der Waals surface area contributed by atoms with Crippen molar-refractivity contribution in [3.63, 3.8) is 0 Å². The number of nitrogens with zero attached hydrogens (tertiary/aromatic N) is 1. The van der Waals surface area contributed by atoms with Gasteiger partial charge in [0.05, 0.1) is 24.9 Å². The van der Waals surface area contributed by atoms with Crippen LogP contribution in [0.5, 0.6) is 5.75 Å². The highest BCUT2D eigenvalue weighted by Crippen LogP contribution is 2.35. The number of methoxy groups -OCH3 is 1. The molecule has 0 saturated heterocycles. The molecule has 0 aliphatic heterocycles. The predicted octanol–water partition coefficient (Wildman–Crippen LogP) is 5.00. The molecule has 9 heteroatoms. The fraction of sp³-hybridized carbons (Fsp3) is 0.158. The monoisotopic (exact) mass is 408 g/mol. The topological polar surface area (TPSA) is 71.5 Å². The lowest BCUT2D eigenvalue weighted by atomic mass is 10.1. The Balaban J connectivity index is 1.96. The molecule has 0 fully saturated rings. The number of rotatable bonds is 7. The van der Waals surface area contributed by atoms with Gasteiger partial charge < -0.3 is 15.2 Å². The minimum atomic E-state index is -1.58. The lowest BCUT2D eigenvalue weighted by molar-refractivity contribution is -0.136. The highest BCUT2D eigenvalue weighted by molar-refractivity contribution is 7.16. The van der Waals surface area contributed by atoms with E-state index in [0.29, 0.717) is 16.3 Å². The number of aliphatic carboxylic acids is 1. The summed E-state index contributed by atoms with van der Waals surface area (Å²) >= 11 is 1.12. The van der Waals surface area contributed by atoms with Gasteiger partial charge in [-0.3, -0.25) is 4.79 Å². The first-order chi connectivity index (χ1) is 13.4. The number of nitrogens with one attached hydrogen (secondary N) is 1. The number of carboxylic acids is 1. The van der Waals surface area contributed by atoms with Crippen LogP contribution in [-0.4, -0.2) is 23.2 Å². The fourth-order valence-corrected chi connectivity index (χ4v) is 3.50. The number of thiazole rings is 1.